The molecule has 0 bridgehead atoms. The number of amides is 2. The number of aliphatic hydroxyl groups excluding tert-OH is 1. The molecule has 5 aliphatic rings. The molecule has 0 aromatic rings. The first-order valence-electron chi connectivity index (χ1n) is 15.5. The smallest absolute Gasteiger partial charge is 0.243 e. The molecule has 5 rings (SSSR count). The Labute approximate surface area is 228 Å². The Morgan fingerprint density at radius 1 is 0.947 bits per heavy atom. The molecule has 1 saturated heterocycles. The molecule has 5 N–H and O–H groups in total. The standard InChI is InChI=1S/C30H50N4O4/c1-30(2)21-17-34(29(38)24(19-12-5-3-6-13-19)32-20-14-7-4-8-15-20)25(23(21)30)28(37)33-22(26(35)27(31)36)16-18-10-9-11-18/h18-25,27,32,36H,3-17,31H2,1-2H3,(H,33,37)/t21?,22?,23?,24-,25?,27?/m0/s1. The lowest BCUT2D eigenvalue weighted by Gasteiger charge is -2.39. The Morgan fingerprint density at radius 3 is 2.16 bits per heavy atom. The van der Waals surface area contributed by atoms with E-state index in [1.165, 1.54) is 25.7 Å². The number of nitrogens with two attached hydrogens (primary N) is 1. The Balaban J connectivity index is 1.35. The van der Waals surface area contributed by atoms with Gasteiger partial charge in [-0.2, -0.15) is 0 Å². The van der Waals surface area contributed by atoms with Crippen LogP contribution in [0.4, 0.5) is 0 Å². The molecule has 38 heavy (non-hydrogen) atoms. The summed E-state index contributed by atoms with van der Waals surface area (Å²) < 4.78 is 0. The summed E-state index contributed by atoms with van der Waals surface area (Å²) in [5.41, 5.74) is 5.55. The van der Waals surface area contributed by atoms with Gasteiger partial charge in [0.25, 0.3) is 0 Å². The van der Waals surface area contributed by atoms with Gasteiger partial charge in [0.05, 0.1) is 12.1 Å². The summed E-state index contributed by atoms with van der Waals surface area (Å²) in [5, 5.41) is 16.6. The second-order valence-corrected chi connectivity index (χ2v) is 13.7. The fourth-order valence-corrected chi connectivity index (χ4v) is 8.16. The molecule has 0 aromatic carbocycles. The van der Waals surface area contributed by atoms with Crippen LogP contribution in [0.15, 0.2) is 0 Å². The van der Waals surface area contributed by atoms with Crippen molar-refractivity contribution in [2.45, 2.75) is 134 Å². The van der Waals surface area contributed by atoms with E-state index < -0.39 is 24.1 Å². The monoisotopic (exact) mass is 530 g/mol. The maximum absolute atomic E-state index is 14.3. The van der Waals surface area contributed by atoms with E-state index in [4.69, 9.17) is 5.73 Å². The highest BCUT2D eigenvalue weighted by molar-refractivity contribution is 5.96. The van der Waals surface area contributed by atoms with E-state index in [-0.39, 0.29) is 29.2 Å². The highest BCUT2D eigenvalue weighted by Gasteiger charge is 2.69. The summed E-state index contributed by atoms with van der Waals surface area (Å²) in [6.07, 6.45) is 13.7. The van der Waals surface area contributed by atoms with Crippen molar-refractivity contribution in [3.63, 3.8) is 0 Å². The van der Waals surface area contributed by atoms with E-state index in [1.807, 2.05) is 4.90 Å². The van der Waals surface area contributed by atoms with Gasteiger partial charge in [0, 0.05) is 12.6 Å². The molecular weight excluding hydrogens is 480 g/mol. The molecule has 0 radical (unpaired) electrons. The van der Waals surface area contributed by atoms with E-state index in [0.29, 0.717) is 36.8 Å². The quantitative estimate of drug-likeness (QED) is 0.322. The van der Waals surface area contributed by atoms with Gasteiger partial charge in [-0.05, 0) is 61.2 Å². The van der Waals surface area contributed by atoms with Crippen LogP contribution in [0.25, 0.3) is 0 Å². The van der Waals surface area contributed by atoms with Crippen LogP contribution in [0.2, 0.25) is 0 Å². The summed E-state index contributed by atoms with van der Waals surface area (Å²) in [5.74, 6) is 0.352. The number of carbonyl (C=O) groups excluding carboxylic acids is 3. The number of Topliss-reactive ketones (excluding diaryl/α,β-unsaturated/α-hetero) is 1. The van der Waals surface area contributed by atoms with Crippen molar-refractivity contribution < 1.29 is 19.5 Å². The van der Waals surface area contributed by atoms with Crippen LogP contribution in [-0.4, -0.2) is 64.5 Å². The second kappa shape index (κ2) is 11.5. The van der Waals surface area contributed by atoms with Crippen molar-refractivity contribution in [2.24, 2.45) is 34.8 Å². The van der Waals surface area contributed by atoms with Crippen LogP contribution in [0.5, 0.6) is 0 Å². The molecule has 6 atom stereocenters. The third-order valence-corrected chi connectivity index (χ3v) is 10.9. The molecule has 5 unspecified atom stereocenters. The molecule has 1 aliphatic heterocycles. The van der Waals surface area contributed by atoms with Crippen molar-refractivity contribution >= 4 is 17.6 Å². The third-order valence-electron chi connectivity index (χ3n) is 10.9. The van der Waals surface area contributed by atoms with E-state index in [0.717, 1.165) is 57.8 Å². The Hall–Kier alpha value is -1.51. The second-order valence-electron chi connectivity index (χ2n) is 13.7. The van der Waals surface area contributed by atoms with Crippen LogP contribution in [0, 0.1) is 29.1 Å². The summed E-state index contributed by atoms with van der Waals surface area (Å²) >= 11 is 0. The molecule has 214 valence electrons. The number of rotatable bonds is 10. The predicted octanol–water partition coefficient (Wildman–Crippen LogP) is 2.86. The first-order valence-corrected chi connectivity index (χ1v) is 15.5. The number of likely N-dealkylation sites (tertiary alicyclic amines) is 1. The topological polar surface area (TPSA) is 125 Å². The number of carbonyl (C=O) groups is 3. The summed E-state index contributed by atoms with van der Waals surface area (Å²) in [4.78, 5) is 42.8. The Bertz CT molecular complexity index is 875. The van der Waals surface area contributed by atoms with Gasteiger partial charge in [-0.3, -0.25) is 20.1 Å². The third kappa shape index (κ3) is 5.68. The minimum Gasteiger partial charge on any atom is -0.371 e. The number of hydrogen-bond acceptors (Lipinski definition) is 6. The van der Waals surface area contributed by atoms with Gasteiger partial charge in [0.15, 0.2) is 12.0 Å². The number of fused-ring (bicyclic) bond motifs is 1. The van der Waals surface area contributed by atoms with Crippen molar-refractivity contribution in [3.05, 3.63) is 0 Å². The predicted molar refractivity (Wildman–Crippen MR) is 146 cm³/mol. The van der Waals surface area contributed by atoms with E-state index in [9.17, 15) is 19.5 Å². The van der Waals surface area contributed by atoms with Crippen LogP contribution in [0.1, 0.15) is 104 Å². The maximum atomic E-state index is 14.3. The largest absolute Gasteiger partial charge is 0.371 e. The number of nitrogens with zero attached hydrogens (tertiary/aromatic N) is 1. The van der Waals surface area contributed by atoms with Gasteiger partial charge in [0.2, 0.25) is 11.8 Å². The van der Waals surface area contributed by atoms with Gasteiger partial charge < -0.3 is 20.6 Å². The number of aliphatic hydroxyl groups is 1. The first kappa shape index (κ1) is 28.0. The summed E-state index contributed by atoms with van der Waals surface area (Å²) in [7, 11) is 0. The van der Waals surface area contributed by atoms with Crippen LogP contribution >= 0.6 is 0 Å². The van der Waals surface area contributed by atoms with Crippen LogP contribution in [0.3, 0.4) is 0 Å². The Morgan fingerprint density at radius 2 is 1.58 bits per heavy atom. The average Bonchev–Trinajstić information content (AvgIpc) is 3.21. The normalized spacial score (nSPS) is 32.1. The van der Waals surface area contributed by atoms with Gasteiger partial charge in [0.1, 0.15) is 6.04 Å². The molecule has 1 heterocycles. The summed E-state index contributed by atoms with van der Waals surface area (Å²) in [6.45, 7) is 4.97. The fraction of sp³-hybridized carbons (Fsp3) is 0.900. The van der Waals surface area contributed by atoms with Gasteiger partial charge in [-0.1, -0.05) is 71.6 Å². The maximum Gasteiger partial charge on any atom is 0.243 e. The minimum atomic E-state index is -1.61. The zero-order chi connectivity index (χ0) is 27.0. The fourth-order valence-electron chi connectivity index (χ4n) is 8.16. The first-order chi connectivity index (χ1) is 18.2. The zero-order valence-corrected chi connectivity index (χ0v) is 23.5. The molecular formula is C30H50N4O4. The number of ketones is 1. The molecule has 4 aliphatic carbocycles. The van der Waals surface area contributed by atoms with Crippen LogP contribution < -0.4 is 16.4 Å². The number of hydrogen-bond donors (Lipinski definition) is 4. The van der Waals surface area contributed by atoms with Crippen molar-refractivity contribution in [1.29, 1.82) is 0 Å². The molecule has 2 amide bonds. The lowest BCUT2D eigenvalue weighted by Crippen LogP contribution is -2.60. The van der Waals surface area contributed by atoms with E-state index in [1.54, 1.807) is 0 Å². The van der Waals surface area contributed by atoms with E-state index in [2.05, 4.69) is 24.5 Å². The highest BCUT2D eigenvalue weighted by Crippen LogP contribution is 2.65. The zero-order valence-electron chi connectivity index (χ0n) is 23.5. The molecule has 0 aromatic heterocycles. The number of piperidine rings is 1. The number of nitrogens with one attached hydrogen (secondary N) is 2. The molecule has 8 nitrogen and oxygen atoms in total. The van der Waals surface area contributed by atoms with Gasteiger partial charge in [-0.15, -0.1) is 0 Å². The minimum absolute atomic E-state index is 0.00319. The van der Waals surface area contributed by atoms with Crippen LogP contribution in [-0.2, 0) is 14.4 Å². The van der Waals surface area contributed by atoms with E-state index >= 15 is 0 Å². The SMILES string of the molecule is CC1(C)C2CN(C(=O)[C@@H](NC3CCCCC3)C3CCCCC3)C(C(=O)NC(CC3CCC3)C(=O)C(N)O)C21. The molecule has 8 heteroatoms. The van der Waals surface area contributed by atoms with Crippen molar-refractivity contribution in [3.8, 4) is 0 Å². The molecule has 5 fully saturated rings. The van der Waals surface area contributed by atoms with Crippen molar-refractivity contribution in [2.75, 3.05) is 6.54 Å². The van der Waals surface area contributed by atoms with Gasteiger partial charge in [-0.25, -0.2) is 0 Å². The lowest BCUT2D eigenvalue weighted by atomic mass is 9.80. The summed E-state index contributed by atoms with van der Waals surface area (Å²) in [6, 6.07) is -1.25. The molecule has 4 saturated carbocycles. The van der Waals surface area contributed by atoms with Gasteiger partial charge >= 0.3 is 0 Å². The molecule has 0 spiro atoms. The highest BCUT2D eigenvalue weighted by atomic mass is 16.3. The lowest BCUT2D eigenvalue weighted by molar-refractivity contribution is -0.144. The Kier molecular flexibility index (Phi) is 8.51. The average molecular weight is 531 g/mol. The van der Waals surface area contributed by atoms with Crippen molar-refractivity contribution in [1.82, 2.24) is 15.5 Å².